The van der Waals surface area contributed by atoms with Crippen molar-refractivity contribution in [3.63, 3.8) is 0 Å². The number of hydrogen-bond donors (Lipinski definition) is 1. The molecule has 32 heavy (non-hydrogen) atoms. The summed E-state index contributed by atoms with van der Waals surface area (Å²) in [5.41, 5.74) is -0.134. The summed E-state index contributed by atoms with van der Waals surface area (Å²) < 4.78 is 43.3. The number of amides is 1. The number of nitrogens with one attached hydrogen (secondary N) is 1. The zero-order valence-electron chi connectivity index (χ0n) is 16.8. The highest BCUT2D eigenvalue weighted by molar-refractivity contribution is 6.07. The highest BCUT2D eigenvalue weighted by atomic mass is 19.4. The molecule has 1 N–H and O–H groups in total. The Morgan fingerprint density at radius 3 is 2.44 bits per heavy atom. The first-order valence-electron chi connectivity index (χ1n) is 9.46. The summed E-state index contributed by atoms with van der Waals surface area (Å²) in [6.45, 7) is 1.06. The van der Waals surface area contributed by atoms with Crippen LogP contribution in [0.15, 0.2) is 48.7 Å². The summed E-state index contributed by atoms with van der Waals surface area (Å²) in [7, 11) is 0. The van der Waals surface area contributed by atoms with Crippen molar-refractivity contribution in [1.82, 2.24) is 9.88 Å². The molecule has 11 heteroatoms. The average molecular weight is 449 g/mol. The lowest BCUT2D eigenvalue weighted by atomic mass is 10.1. The molecule has 1 heterocycles. The van der Waals surface area contributed by atoms with Crippen molar-refractivity contribution < 1.29 is 32.4 Å². The molecule has 0 aliphatic heterocycles. The zero-order valence-corrected chi connectivity index (χ0v) is 16.8. The van der Waals surface area contributed by atoms with Crippen molar-refractivity contribution in [3.8, 4) is 0 Å². The molecule has 1 amide bonds. The second kappa shape index (κ2) is 9.08. The molecule has 168 valence electrons. The van der Waals surface area contributed by atoms with Crippen LogP contribution in [-0.4, -0.2) is 39.8 Å². The van der Waals surface area contributed by atoms with E-state index < -0.39 is 35.1 Å². The van der Waals surface area contributed by atoms with Gasteiger partial charge < -0.3 is 14.6 Å². The third-order valence-corrected chi connectivity index (χ3v) is 4.67. The Labute approximate surface area is 179 Å². The minimum Gasteiger partial charge on any atom is -0.465 e. The standard InChI is InChI=1S/C21H18F3N3O5/c1-2-32-19(28)12-26(11-13-3-5-14(6-4-13)21(22,23)24)20(29)17-10-25-18-8-7-15(27(30)31)9-16(17)18/h3-10,25H,2,11-12H2,1H3. The third-order valence-electron chi connectivity index (χ3n) is 4.67. The van der Waals surface area contributed by atoms with Gasteiger partial charge in [0, 0.05) is 35.8 Å². The second-order valence-corrected chi connectivity index (χ2v) is 6.85. The van der Waals surface area contributed by atoms with E-state index in [1.165, 1.54) is 36.5 Å². The van der Waals surface area contributed by atoms with E-state index in [2.05, 4.69) is 4.98 Å². The number of nitro groups is 1. The summed E-state index contributed by atoms with van der Waals surface area (Å²) in [6.07, 6.45) is -3.14. The number of aromatic nitrogens is 1. The maximum absolute atomic E-state index is 13.2. The maximum atomic E-state index is 13.2. The molecule has 0 bridgehead atoms. The molecule has 0 saturated heterocycles. The number of carbonyl (C=O) groups excluding carboxylic acids is 2. The third kappa shape index (κ3) is 5.05. The number of aromatic amines is 1. The second-order valence-electron chi connectivity index (χ2n) is 6.85. The van der Waals surface area contributed by atoms with Crippen LogP contribution in [0.5, 0.6) is 0 Å². The van der Waals surface area contributed by atoms with Crippen molar-refractivity contribution in [2.75, 3.05) is 13.2 Å². The van der Waals surface area contributed by atoms with E-state index in [-0.39, 0.29) is 29.8 Å². The van der Waals surface area contributed by atoms with E-state index in [0.717, 1.165) is 17.0 Å². The van der Waals surface area contributed by atoms with E-state index in [0.29, 0.717) is 11.1 Å². The van der Waals surface area contributed by atoms with E-state index in [9.17, 15) is 32.9 Å². The predicted molar refractivity (Wildman–Crippen MR) is 108 cm³/mol. The van der Waals surface area contributed by atoms with E-state index in [1.54, 1.807) is 6.92 Å². The van der Waals surface area contributed by atoms with Crippen LogP contribution in [0.1, 0.15) is 28.4 Å². The summed E-state index contributed by atoms with van der Waals surface area (Å²) in [4.78, 5) is 39.7. The van der Waals surface area contributed by atoms with E-state index in [1.807, 2.05) is 0 Å². The lowest BCUT2D eigenvalue weighted by Crippen LogP contribution is -2.36. The Morgan fingerprint density at radius 1 is 1.16 bits per heavy atom. The van der Waals surface area contributed by atoms with Crippen molar-refractivity contribution in [2.45, 2.75) is 19.6 Å². The molecule has 0 radical (unpaired) electrons. The molecular weight excluding hydrogens is 431 g/mol. The van der Waals surface area contributed by atoms with Crippen LogP contribution in [0.4, 0.5) is 18.9 Å². The number of rotatable bonds is 7. The Bertz CT molecular complexity index is 1160. The Morgan fingerprint density at radius 2 is 1.84 bits per heavy atom. The number of H-pyrrole nitrogens is 1. The first-order valence-corrected chi connectivity index (χ1v) is 9.46. The zero-order chi connectivity index (χ0) is 23.5. The number of benzene rings is 2. The molecule has 2 aromatic carbocycles. The number of nitro benzene ring substituents is 1. The number of esters is 1. The van der Waals surface area contributed by atoms with Gasteiger partial charge >= 0.3 is 12.1 Å². The molecular formula is C21H18F3N3O5. The largest absolute Gasteiger partial charge is 0.465 e. The molecule has 0 aliphatic rings. The highest BCUT2D eigenvalue weighted by Gasteiger charge is 2.30. The van der Waals surface area contributed by atoms with Crippen LogP contribution in [0, 0.1) is 10.1 Å². The van der Waals surface area contributed by atoms with Gasteiger partial charge in [0.15, 0.2) is 0 Å². The van der Waals surface area contributed by atoms with Crippen molar-refractivity contribution in [3.05, 3.63) is 75.5 Å². The summed E-state index contributed by atoms with van der Waals surface area (Å²) in [5, 5.41) is 11.4. The lowest BCUT2D eigenvalue weighted by Gasteiger charge is -2.22. The van der Waals surface area contributed by atoms with Crippen LogP contribution in [0.25, 0.3) is 10.9 Å². The van der Waals surface area contributed by atoms with Crippen LogP contribution in [-0.2, 0) is 22.3 Å². The number of halogens is 3. The summed E-state index contributed by atoms with van der Waals surface area (Å²) in [6, 6.07) is 8.18. The van der Waals surface area contributed by atoms with Gasteiger partial charge in [0.2, 0.25) is 0 Å². The number of ether oxygens (including phenoxy) is 1. The van der Waals surface area contributed by atoms with Gasteiger partial charge in [0.1, 0.15) is 6.54 Å². The molecule has 1 aromatic heterocycles. The van der Waals surface area contributed by atoms with Gasteiger partial charge in [-0.2, -0.15) is 13.2 Å². The summed E-state index contributed by atoms with van der Waals surface area (Å²) >= 11 is 0. The quantitative estimate of drug-likeness (QED) is 0.329. The van der Waals surface area contributed by atoms with Crippen molar-refractivity contribution in [2.24, 2.45) is 0 Å². The molecule has 0 spiro atoms. The van der Waals surface area contributed by atoms with E-state index in [4.69, 9.17) is 4.74 Å². The SMILES string of the molecule is CCOC(=O)CN(Cc1ccc(C(F)(F)F)cc1)C(=O)c1c[nH]c2ccc([N+](=O)[O-])cc12. The number of nitrogens with zero attached hydrogens (tertiary/aromatic N) is 2. The molecule has 0 atom stereocenters. The number of fused-ring (bicyclic) bond motifs is 1. The van der Waals surface area contributed by atoms with Gasteiger partial charge in [-0.1, -0.05) is 12.1 Å². The molecule has 3 rings (SSSR count). The van der Waals surface area contributed by atoms with Crippen LogP contribution in [0.2, 0.25) is 0 Å². The van der Waals surface area contributed by atoms with Gasteiger partial charge in [-0.3, -0.25) is 19.7 Å². The predicted octanol–water partition coefficient (Wildman–Crippen LogP) is 4.30. The van der Waals surface area contributed by atoms with Crippen LogP contribution in [0.3, 0.4) is 0 Å². The Hall–Kier alpha value is -3.89. The average Bonchev–Trinajstić information content (AvgIpc) is 3.16. The molecule has 0 fully saturated rings. The van der Waals surface area contributed by atoms with Gasteiger partial charge in [0.05, 0.1) is 22.7 Å². The number of hydrogen-bond acceptors (Lipinski definition) is 5. The van der Waals surface area contributed by atoms with Crippen molar-refractivity contribution in [1.29, 1.82) is 0 Å². The van der Waals surface area contributed by atoms with Gasteiger partial charge in [-0.05, 0) is 30.7 Å². The molecule has 0 aliphatic carbocycles. The first-order chi connectivity index (χ1) is 15.1. The molecule has 8 nitrogen and oxygen atoms in total. The highest BCUT2D eigenvalue weighted by Crippen LogP contribution is 2.29. The van der Waals surface area contributed by atoms with Crippen molar-refractivity contribution >= 4 is 28.5 Å². The number of carbonyl (C=O) groups is 2. The fraction of sp³-hybridized carbons (Fsp3) is 0.238. The van der Waals surface area contributed by atoms with Crippen LogP contribution >= 0.6 is 0 Å². The number of non-ortho nitro benzene ring substituents is 1. The molecule has 3 aromatic rings. The smallest absolute Gasteiger partial charge is 0.416 e. The fourth-order valence-corrected chi connectivity index (χ4v) is 3.15. The molecule has 0 unspecified atom stereocenters. The first kappa shape index (κ1) is 22.8. The monoisotopic (exact) mass is 449 g/mol. The topological polar surface area (TPSA) is 106 Å². The Kier molecular flexibility index (Phi) is 6.47. The fourth-order valence-electron chi connectivity index (χ4n) is 3.15. The minimum absolute atomic E-state index is 0.0833. The molecule has 0 saturated carbocycles. The Balaban J connectivity index is 1.94. The normalized spacial score (nSPS) is 11.4. The van der Waals surface area contributed by atoms with Gasteiger partial charge in [0.25, 0.3) is 11.6 Å². The van der Waals surface area contributed by atoms with Gasteiger partial charge in [-0.25, -0.2) is 0 Å². The van der Waals surface area contributed by atoms with E-state index >= 15 is 0 Å². The van der Waals surface area contributed by atoms with Gasteiger partial charge in [-0.15, -0.1) is 0 Å². The number of alkyl halides is 3. The summed E-state index contributed by atoms with van der Waals surface area (Å²) in [5.74, 6) is -1.33. The van der Waals surface area contributed by atoms with Crippen LogP contribution < -0.4 is 0 Å². The maximum Gasteiger partial charge on any atom is 0.416 e. The lowest BCUT2D eigenvalue weighted by molar-refractivity contribution is -0.384. The minimum atomic E-state index is -4.50.